The van der Waals surface area contributed by atoms with Crippen LogP contribution in [0.15, 0.2) is 30.6 Å². The van der Waals surface area contributed by atoms with Crippen LogP contribution in [0, 0.1) is 0 Å². The maximum absolute atomic E-state index is 5.88. The van der Waals surface area contributed by atoms with Gasteiger partial charge in [0.1, 0.15) is 12.1 Å². The van der Waals surface area contributed by atoms with Gasteiger partial charge in [0.25, 0.3) is 0 Å². The van der Waals surface area contributed by atoms with Crippen molar-refractivity contribution in [2.45, 2.75) is 32.1 Å². The summed E-state index contributed by atoms with van der Waals surface area (Å²) in [6.45, 7) is 0. The van der Waals surface area contributed by atoms with Crippen LogP contribution in [0.1, 0.15) is 30.5 Å². The van der Waals surface area contributed by atoms with E-state index in [1.807, 2.05) is 24.3 Å². The van der Waals surface area contributed by atoms with E-state index in [4.69, 9.17) is 10.5 Å². The van der Waals surface area contributed by atoms with Crippen LogP contribution >= 0.6 is 0 Å². The monoisotopic (exact) mass is 255 g/mol. The second-order valence-corrected chi connectivity index (χ2v) is 4.84. The lowest BCUT2D eigenvalue weighted by molar-refractivity contribution is 0.453. The molecular formula is C15H17N3O. The standard InChI is InChI=1S/C15H17N3O/c16-11-6-8-12(9-7-11)19-15-13-4-2-1-3-5-14(13)17-10-18-15/h6-10H,1-5,16H2. The number of hydrogen-bond acceptors (Lipinski definition) is 4. The zero-order valence-electron chi connectivity index (χ0n) is 10.8. The van der Waals surface area contributed by atoms with Crippen molar-refractivity contribution in [1.82, 2.24) is 9.97 Å². The van der Waals surface area contributed by atoms with Gasteiger partial charge in [-0.1, -0.05) is 6.42 Å². The molecule has 0 aliphatic heterocycles. The summed E-state index contributed by atoms with van der Waals surface area (Å²) in [5, 5.41) is 0. The minimum absolute atomic E-state index is 0.691. The second kappa shape index (κ2) is 5.26. The zero-order valence-corrected chi connectivity index (χ0v) is 10.8. The SMILES string of the molecule is Nc1ccc(Oc2ncnc3c2CCCCC3)cc1. The Morgan fingerprint density at radius 2 is 1.74 bits per heavy atom. The molecule has 1 heterocycles. The highest BCUT2D eigenvalue weighted by molar-refractivity contribution is 5.43. The number of hydrogen-bond donors (Lipinski definition) is 1. The first-order chi connectivity index (χ1) is 9.33. The molecule has 98 valence electrons. The van der Waals surface area contributed by atoms with Crippen molar-refractivity contribution < 1.29 is 4.74 Å². The van der Waals surface area contributed by atoms with Crippen LogP contribution in [-0.4, -0.2) is 9.97 Å². The molecule has 1 aliphatic carbocycles. The molecule has 0 saturated heterocycles. The minimum Gasteiger partial charge on any atom is -0.439 e. The molecule has 2 aromatic rings. The van der Waals surface area contributed by atoms with Gasteiger partial charge >= 0.3 is 0 Å². The van der Waals surface area contributed by atoms with Gasteiger partial charge in [0.15, 0.2) is 0 Å². The number of nitrogen functional groups attached to an aromatic ring is 1. The highest BCUT2D eigenvalue weighted by Gasteiger charge is 2.15. The Kier molecular flexibility index (Phi) is 3.31. The normalized spacial score (nSPS) is 14.5. The highest BCUT2D eigenvalue weighted by Crippen LogP contribution is 2.29. The van der Waals surface area contributed by atoms with Crippen LogP contribution < -0.4 is 10.5 Å². The Morgan fingerprint density at radius 1 is 0.947 bits per heavy atom. The molecule has 0 radical (unpaired) electrons. The Hall–Kier alpha value is -2.10. The zero-order chi connectivity index (χ0) is 13.1. The van der Waals surface area contributed by atoms with Gasteiger partial charge in [0.05, 0.1) is 5.69 Å². The van der Waals surface area contributed by atoms with Gasteiger partial charge in [-0.3, -0.25) is 0 Å². The summed E-state index contributed by atoms with van der Waals surface area (Å²) in [5.41, 5.74) is 8.70. The van der Waals surface area contributed by atoms with E-state index < -0.39 is 0 Å². The number of aromatic nitrogens is 2. The third-order valence-electron chi connectivity index (χ3n) is 3.43. The second-order valence-electron chi connectivity index (χ2n) is 4.84. The van der Waals surface area contributed by atoms with Gasteiger partial charge < -0.3 is 10.5 Å². The van der Waals surface area contributed by atoms with E-state index in [9.17, 15) is 0 Å². The molecule has 2 N–H and O–H groups in total. The van der Waals surface area contributed by atoms with Gasteiger partial charge in [-0.25, -0.2) is 9.97 Å². The summed E-state index contributed by atoms with van der Waals surface area (Å²) in [6.07, 6.45) is 7.24. The van der Waals surface area contributed by atoms with E-state index in [2.05, 4.69) is 9.97 Å². The molecule has 0 saturated carbocycles. The van der Waals surface area contributed by atoms with Crippen LogP contribution in [0.3, 0.4) is 0 Å². The lowest BCUT2D eigenvalue weighted by Crippen LogP contribution is -2.01. The predicted octanol–water partition coefficient (Wildman–Crippen LogP) is 3.12. The van der Waals surface area contributed by atoms with Crippen LogP contribution in [0.25, 0.3) is 0 Å². The lowest BCUT2D eigenvalue weighted by Gasteiger charge is -2.11. The topological polar surface area (TPSA) is 61.0 Å². The molecule has 1 aliphatic rings. The summed E-state index contributed by atoms with van der Waals surface area (Å²) in [6, 6.07) is 7.38. The van der Waals surface area contributed by atoms with Gasteiger partial charge in [-0.15, -0.1) is 0 Å². The average molecular weight is 255 g/mol. The van der Waals surface area contributed by atoms with Crippen LogP contribution in [0.5, 0.6) is 11.6 Å². The number of anilines is 1. The van der Waals surface area contributed by atoms with Crippen molar-refractivity contribution in [3.63, 3.8) is 0 Å². The van der Waals surface area contributed by atoms with Crippen molar-refractivity contribution in [1.29, 1.82) is 0 Å². The summed E-state index contributed by atoms with van der Waals surface area (Å²) >= 11 is 0. The molecule has 1 aromatic carbocycles. The molecule has 0 bridgehead atoms. The first-order valence-electron chi connectivity index (χ1n) is 6.69. The van der Waals surface area contributed by atoms with Crippen molar-refractivity contribution in [2.24, 2.45) is 0 Å². The molecule has 0 fully saturated rings. The fraction of sp³-hybridized carbons (Fsp3) is 0.333. The van der Waals surface area contributed by atoms with Crippen molar-refractivity contribution in [3.05, 3.63) is 41.9 Å². The summed E-state index contributed by atoms with van der Waals surface area (Å²) in [5.74, 6) is 1.45. The predicted molar refractivity (Wildman–Crippen MR) is 74.2 cm³/mol. The van der Waals surface area contributed by atoms with Gasteiger partial charge in [-0.2, -0.15) is 0 Å². The fourth-order valence-electron chi connectivity index (χ4n) is 2.40. The van der Waals surface area contributed by atoms with E-state index in [0.717, 1.165) is 35.5 Å². The highest BCUT2D eigenvalue weighted by atomic mass is 16.5. The van der Waals surface area contributed by atoms with Gasteiger partial charge in [-0.05, 0) is 49.9 Å². The van der Waals surface area contributed by atoms with Crippen LogP contribution in [0.4, 0.5) is 5.69 Å². The Labute approximate surface area is 112 Å². The summed E-state index contributed by atoms with van der Waals surface area (Å²) in [4.78, 5) is 8.67. The largest absolute Gasteiger partial charge is 0.439 e. The molecule has 0 amide bonds. The number of fused-ring (bicyclic) bond motifs is 1. The fourth-order valence-corrected chi connectivity index (χ4v) is 2.40. The van der Waals surface area contributed by atoms with Crippen LogP contribution in [-0.2, 0) is 12.8 Å². The number of nitrogens with two attached hydrogens (primary N) is 1. The first-order valence-corrected chi connectivity index (χ1v) is 6.69. The number of benzene rings is 1. The number of nitrogens with zero attached hydrogens (tertiary/aromatic N) is 2. The van der Waals surface area contributed by atoms with E-state index >= 15 is 0 Å². The molecule has 0 atom stereocenters. The van der Waals surface area contributed by atoms with Crippen molar-refractivity contribution in [3.8, 4) is 11.6 Å². The Bertz CT molecular complexity index is 566. The third kappa shape index (κ3) is 2.67. The molecule has 0 unspecified atom stereocenters. The molecule has 4 nitrogen and oxygen atoms in total. The van der Waals surface area contributed by atoms with E-state index in [0.29, 0.717) is 5.88 Å². The average Bonchev–Trinajstić information content (AvgIpc) is 2.67. The maximum atomic E-state index is 5.88. The van der Waals surface area contributed by atoms with Crippen molar-refractivity contribution >= 4 is 5.69 Å². The first kappa shape index (κ1) is 12.0. The quantitative estimate of drug-likeness (QED) is 0.661. The van der Waals surface area contributed by atoms with Crippen LogP contribution in [0.2, 0.25) is 0 Å². The van der Waals surface area contributed by atoms with E-state index in [1.165, 1.54) is 19.3 Å². The lowest BCUT2D eigenvalue weighted by atomic mass is 10.1. The summed E-state index contributed by atoms with van der Waals surface area (Å²) in [7, 11) is 0. The smallest absolute Gasteiger partial charge is 0.225 e. The maximum Gasteiger partial charge on any atom is 0.225 e. The van der Waals surface area contributed by atoms with E-state index in [1.54, 1.807) is 6.33 Å². The number of ether oxygens (including phenoxy) is 1. The molecule has 4 heteroatoms. The minimum atomic E-state index is 0.691. The van der Waals surface area contributed by atoms with Crippen molar-refractivity contribution in [2.75, 3.05) is 5.73 Å². The Morgan fingerprint density at radius 3 is 2.58 bits per heavy atom. The number of rotatable bonds is 2. The van der Waals surface area contributed by atoms with Gasteiger partial charge in [0.2, 0.25) is 5.88 Å². The molecule has 3 rings (SSSR count). The molecule has 1 aromatic heterocycles. The molecular weight excluding hydrogens is 238 g/mol. The van der Waals surface area contributed by atoms with Gasteiger partial charge in [0, 0.05) is 11.3 Å². The molecule has 19 heavy (non-hydrogen) atoms. The summed E-state index contributed by atoms with van der Waals surface area (Å²) < 4.78 is 5.88. The third-order valence-corrected chi connectivity index (χ3v) is 3.43. The number of aryl methyl sites for hydroxylation is 1. The molecule has 0 spiro atoms. The van der Waals surface area contributed by atoms with E-state index in [-0.39, 0.29) is 0 Å². The Balaban J connectivity index is 1.90.